The fourth-order valence-corrected chi connectivity index (χ4v) is 2.78. The van der Waals surface area contributed by atoms with Crippen LogP contribution in [0.15, 0.2) is 0 Å². The standard InChI is InChI=1S/C12H25NO/c1-10(8-9-14-3)12(13-2)11-6-4-5-7-11/h10-13H,4-9H2,1-3H3. The van der Waals surface area contributed by atoms with Crippen molar-refractivity contribution in [2.24, 2.45) is 11.8 Å². The molecule has 0 saturated heterocycles. The summed E-state index contributed by atoms with van der Waals surface area (Å²) in [4.78, 5) is 0. The van der Waals surface area contributed by atoms with Crippen molar-refractivity contribution >= 4 is 0 Å². The SMILES string of the molecule is CNC(C(C)CCOC)C1CCCC1. The molecule has 2 nitrogen and oxygen atoms in total. The summed E-state index contributed by atoms with van der Waals surface area (Å²) in [5.41, 5.74) is 0. The molecule has 1 saturated carbocycles. The Labute approximate surface area is 88.4 Å². The van der Waals surface area contributed by atoms with Crippen LogP contribution in [0.4, 0.5) is 0 Å². The molecule has 84 valence electrons. The highest BCUT2D eigenvalue weighted by Crippen LogP contribution is 2.31. The fourth-order valence-electron chi connectivity index (χ4n) is 2.78. The molecule has 0 bridgehead atoms. The van der Waals surface area contributed by atoms with Crippen LogP contribution >= 0.6 is 0 Å². The smallest absolute Gasteiger partial charge is 0.0465 e. The van der Waals surface area contributed by atoms with Gasteiger partial charge in [0.15, 0.2) is 0 Å². The second-order valence-electron chi connectivity index (χ2n) is 4.62. The molecule has 1 fully saturated rings. The lowest BCUT2D eigenvalue weighted by molar-refractivity contribution is 0.160. The van der Waals surface area contributed by atoms with Gasteiger partial charge in [0.2, 0.25) is 0 Å². The van der Waals surface area contributed by atoms with Gasteiger partial charge in [0, 0.05) is 19.8 Å². The lowest BCUT2D eigenvalue weighted by Crippen LogP contribution is -2.38. The van der Waals surface area contributed by atoms with Crippen LogP contribution in [0.3, 0.4) is 0 Å². The van der Waals surface area contributed by atoms with Crippen molar-refractivity contribution in [3.05, 3.63) is 0 Å². The average Bonchev–Trinajstić information content (AvgIpc) is 2.69. The zero-order chi connectivity index (χ0) is 10.4. The highest BCUT2D eigenvalue weighted by atomic mass is 16.5. The summed E-state index contributed by atoms with van der Waals surface area (Å²) in [6.45, 7) is 3.24. The van der Waals surface area contributed by atoms with E-state index in [4.69, 9.17) is 4.74 Å². The first-order chi connectivity index (χ1) is 6.79. The molecular formula is C12H25NO. The molecule has 2 unspecified atom stereocenters. The number of methoxy groups -OCH3 is 1. The lowest BCUT2D eigenvalue weighted by Gasteiger charge is -2.29. The summed E-state index contributed by atoms with van der Waals surface area (Å²) in [5.74, 6) is 1.65. The summed E-state index contributed by atoms with van der Waals surface area (Å²) >= 11 is 0. The molecule has 0 aromatic rings. The normalized spacial score (nSPS) is 22.5. The predicted octanol–water partition coefficient (Wildman–Crippen LogP) is 2.44. The molecule has 2 atom stereocenters. The third-order valence-electron chi connectivity index (χ3n) is 3.63. The van der Waals surface area contributed by atoms with Crippen LogP contribution in [0, 0.1) is 11.8 Å². The minimum atomic E-state index is 0.702. The van der Waals surface area contributed by atoms with Gasteiger partial charge in [-0.15, -0.1) is 0 Å². The van der Waals surface area contributed by atoms with Crippen LogP contribution in [0.5, 0.6) is 0 Å². The Balaban J connectivity index is 2.34. The van der Waals surface area contributed by atoms with Crippen LogP contribution in [-0.4, -0.2) is 26.8 Å². The van der Waals surface area contributed by atoms with Gasteiger partial charge >= 0.3 is 0 Å². The molecule has 14 heavy (non-hydrogen) atoms. The molecule has 1 rings (SSSR count). The van der Waals surface area contributed by atoms with Gasteiger partial charge in [0.1, 0.15) is 0 Å². The van der Waals surface area contributed by atoms with E-state index in [-0.39, 0.29) is 0 Å². The molecule has 0 heterocycles. The van der Waals surface area contributed by atoms with Crippen molar-refractivity contribution in [1.29, 1.82) is 0 Å². The molecule has 0 amide bonds. The molecule has 1 aliphatic carbocycles. The van der Waals surface area contributed by atoms with E-state index >= 15 is 0 Å². The van der Waals surface area contributed by atoms with E-state index in [1.807, 2.05) is 0 Å². The van der Waals surface area contributed by atoms with Gasteiger partial charge in [0.25, 0.3) is 0 Å². The molecule has 0 aromatic heterocycles. The van der Waals surface area contributed by atoms with Gasteiger partial charge < -0.3 is 10.1 Å². The summed E-state index contributed by atoms with van der Waals surface area (Å²) in [6, 6.07) is 0.702. The monoisotopic (exact) mass is 199 g/mol. The van der Waals surface area contributed by atoms with Crippen LogP contribution in [0.1, 0.15) is 39.0 Å². The minimum absolute atomic E-state index is 0.702. The summed E-state index contributed by atoms with van der Waals surface area (Å²) < 4.78 is 5.14. The second kappa shape index (κ2) is 6.41. The molecule has 0 aromatic carbocycles. The summed E-state index contributed by atoms with van der Waals surface area (Å²) in [5, 5.41) is 3.50. The maximum atomic E-state index is 5.14. The topological polar surface area (TPSA) is 21.3 Å². The number of hydrogen-bond donors (Lipinski definition) is 1. The van der Waals surface area contributed by atoms with Crippen molar-refractivity contribution in [2.75, 3.05) is 20.8 Å². The Kier molecular flexibility index (Phi) is 5.49. The van der Waals surface area contributed by atoms with E-state index in [2.05, 4.69) is 19.3 Å². The Hall–Kier alpha value is -0.0800. The van der Waals surface area contributed by atoms with Crippen LogP contribution in [0.2, 0.25) is 0 Å². The predicted molar refractivity (Wildman–Crippen MR) is 60.5 cm³/mol. The van der Waals surface area contributed by atoms with Gasteiger partial charge in [-0.3, -0.25) is 0 Å². The minimum Gasteiger partial charge on any atom is -0.385 e. The van der Waals surface area contributed by atoms with E-state index < -0.39 is 0 Å². The molecule has 0 radical (unpaired) electrons. The van der Waals surface area contributed by atoms with E-state index in [0.717, 1.165) is 18.4 Å². The first-order valence-corrected chi connectivity index (χ1v) is 5.95. The first kappa shape index (κ1) is 12.0. The van der Waals surface area contributed by atoms with Crippen molar-refractivity contribution in [2.45, 2.75) is 45.1 Å². The Morgan fingerprint density at radius 1 is 1.36 bits per heavy atom. The van der Waals surface area contributed by atoms with E-state index in [0.29, 0.717) is 6.04 Å². The molecule has 1 aliphatic rings. The summed E-state index contributed by atoms with van der Waals surface area (Å²) in [6.07, 6.45) is 6.88. The van der Waals surface area contributed by atoms with Gasteiger partial charge in [-0.05, 0) is 38.1 Å². The lowest BCUT2D eigenvalue weighted by atomic mass is 9.86. The molecule has 2 heteroatoms. The Morgan fingerprint density at radius 3 is 2.50 bits per heavy atom. The first-order valence-electron chi connectivity index (χ1n) is 5.95. The third-order valence-corrected chi connectivity index (χ3v) is 3.63. The quantitative estimate of drug-likeness (QED) is 0.709. The van der Waals surface area contributed by atoms with Crippen molar-refractivity contribution < 1.29 is 4.74 Å². The average molecular weight is 199 g/mol. The van der Waals surface area contributed by atoms with E-state index in [1.54, 1.807) is 7.11 Å². The van der Waals surface area contributed by atoms with Crippen LogP contribution < -0.4 is 5.32 Å². The van der Waals surface area contributed by atoms with Crippen molar-refractivity contribution in [3.8, 4) is 0 Å². The Morgan fingerprint density at radius 2 is 2.00 bits per heavy atom. The highest BCUT2D eigenvalue weighted by Gasteiger charge is 2.27. The van der Waals surface area contributed by atoms with E-state index in [1.165, 1.54) is 32.1 Å². The van der Waals surface area contributed by atoms with Gasteiger partial charge in [-0.2, -0.15) is 0 Å². The number of nitrogens with one attached hydrogen (secondary N) is 1. The number of rotatable bonds is 6. The van der Waals surface area contributed by atoms with Crippen molar-refractivity contribution in [3.63, 3.8) is 0 Å². The highest BCUT2D eigenvalue weighted by molar-refractivity contribution is 4.83. The molecular weight excluding hydrogens is 174 g/mol. The maximum absolute atomic E-state index is 5.14. The summed E-state index contributed by atoms with van der Waals surface area (Å²) in [7, 11) is 3.89. The molecule has 0 spiro atoms. The number of hydrogen-bond acceptors (Lipinski definition) is 2. The van der Waals surface area contributed by atoms with Gasteiger partial charge in [-0.25, -0.2) is 0 Å². The zero-order valence-corrected chi connectivity index (χ0v) is 9.88. The van der Waals surface area contributed by atoms with Crippen LogP contribution in [0.25, 0.3) is 0 Å². The van der Waals surface area contributed by atoms with Gasteiger partial charge in [-0.1, -0.05) is 19.8 Å². The Bertz CT molecular complexity index is 143. The zero-order valence-electron chi connectivity index (χ0n) is 9.88. The van der Waals surface area contributed by atoms with E-state index in [9.17, 15) is 0 Å². The molecule has 1 N–H and O–H groups in total. The van der Waals surface area contributed by atoms with Crippen LogP contribution in [-0.2, 0) is 4.74 Å². The van der Waals surface area contributed by atoms with Gasteiger partial charge in [0.05, 0.1) is 0 Å². The second-order valence-corrected chi connectivity index (χ2v) is 4.62. The van der Waals surface area contributed by atoms with Crippen molar-refractivity contribution in [1.82, 2.24) is 5.32 Å². The maximum Gasteiger partial charge on any atom is 0.0465 e. The number of ether oxygens (including phenoxy) is 1. The largest absolute Gasteiger partial charge is 0.385 e. The fraction of sp³-hybridized carbons (Fsp3) is 1.00. The molecule has 0 aliphatic heterocycles. The third kappa shape index (κ3) is 3.25.